The van der Waals surface area contributed by atoms with Gasteiger partial charge in [0.15, 0.2) is 0 Å². The van der Waals surface area contributed by atoms with Gasteiger partial charge in [0, 0.05) is 38.1 Å². The fourth-order valence-electron chi connectivity index (χ4n) is 2.86. The monoisotopic (exact) mass is 383 g/mol. The van der Waals surface area contributed by atoms with Crippen molar-refractivity contribution in [3.8, 4) is 0 Å². The van der Waals surface area contributed by atoms with Crippen molar-refractivity contribution in [3.05, 3.63) is 41.1 Å². The van der Waals surface area contributed by atoms with Gasteiger partial charge in [-0.1, -0.05) is 6.07 Å². The first kappa shape index (κ1) is 19.6. The quantitative estimate of drug-likeness (QED) is 0.624. The van der Waals surface area contributed by atoms with Crippen LogP contribution in [0.5, 0.6) is 0 Å². The number of nitrogens with zero attached hydrogens (tertiary/aromatic N) is 3. The van der Waals surface area contributed by atoms with Gasteiger partial charge >= 0.3 is 6.03 Å². The second-order valence-corrected chi connectivity index (χ2v) is 6.85. The molecule has 148 valence electrons. The predicted octanol–water partition coefficient (Wildman–Crippen LogP) is 1.57. The Bertz CT molecular complexity index is 883. The second-order valence-electron chi connectivity index (χ2n) is 6.85. The number of fused-ring (bicyclic) bond motifs is 1. The summed E-state index contributed by atoms with van der Waals surface area (Å²) in [6.07, 6.45) is 0.939. The van der Waals surface area contributed by atoms with Crippen molar-refractivity contribution < 1.29 is 9.59 Å². The highest BCUT2D eigenvalue weighted by Gasteiger charge is 2.12. The first-order valence-corrected chi connectivity index (χ1v) is 9.11. The second kappa shape index (κ2) is 8.66. The normalized spacial score (nSPS) is 12.7. The Morgan fingerprint density at radius 2 is 1.96 bits per heavy atom. The van der Waals surface area contributed by atoms with Crippen LogP contribution in [0.4, 0.5) is 22.2 Å². The summed E-state index contributed by atoms with van der Waals surface area (Å²) in [5.41, 5.74) is 3.88. The zero-order valence-electron chi connectivity index (χ0n) is 16.3. The number of hydrogen-bond donors (Lipinski definition) is 4. The lowest BCUT2D eigenvalue weighted by atomic mass is 10.0. The maximum atomic E-state index is 12.3. The van der Waals surface area contributed by atoms with E-state index in [2.05, 4.69) is 31.2 Å². The van der Waals surface area contributed by atoms with Crippen molar-refractivity contribution in [2.45, 2.75) is 19.9 Å². The van der Waals surface area contributed by atoms with E-state index in [0.717, 1.165) is 25.2 Å². The number of rotatable bonds is 5. The van der Waals surface area contributed by atoms with Gasteiger partial charge in [-0.25, -0.2) is 9.78 Å². The summed E-state index contributed by atoms with van der Waals surface area (Å²) in [6, 6.07) is 7.18. The van der Waals surface area contributed by atoms with E-state index in [4.69, 9.17) is 0 Å². The molecule has 0 spiro atoms. The summed E-state index contributed by atoms with van der Waals surface area (Å²) in [5.74, 6) is 0.560. The van der Waals surface area contributed by atoms with Crippen molar-refractivity contribution in [2.24, 2.45) is 0 Å². The van der Waals surface area contributed by atoms with Crippen LogP contribution in [-0.2, 0) is 17.8 Å². The van der Waals surface area contributed by atoms with Crippen LogP contribution in [0.2, 0.25) is 0 Å². The number of urea groups is 1. The Morgan fingerprint density at radius 3 is 2.75 bits per heavy atom. The Balaban J connectivity index is 1.62. The molecule has 2 aromatic rings. The number of carbonyl (C=O) groups excluding carboxylic acids is 2. The first-order chi connectivity index (χ1) is 13.4. The Kier molecular flexibility index (Phi) is 6.05. The molecule has 3 amide bonds. The van der Waals surface area contributed by atoms with Crippen LogP contribution in [0.15, 0.2) is 24.3 Å². The minimum Gasteiger partial charge on any atom is -0.361 e. The van der Waals surface area contributed by atoms with E-state index in [1.165, 1.54) is 16.0 Å². The number of nitrogens with one attached hydrogen (secondary N) is 4. The van der Waals surface area contributed by atoms with E-state index in [1.807, 2.05) is 18.2 Å². The molecule has 28 heavy (non-hydrogen) atoms. The van der Waals surface area contributed by atoms with Gasteiger partial charge in [0.2, 0.25) is 11.9 Å². The van der Waals surface area contributed by atoms with Crippen molar-refractivity contribution in [3.63, 3.8) is 0 Å². The zero-order valence-corrected chi connectivity index (χ0v) is 16.3. The van der Waals surface area contributed by atoms with Crippen LogP contribution in [-0.4, -0.2) is 54.0 Å². The largest absolute Gasteiger partial charge is 0.361 e. The smallest absolute Gasteiger partial charge is 0.326 e. The number of benzene rings is 1. The van der Waals surface area contributed by atoms with Crippen LogP contribution < -0.4 is 21.3 Å². The summed E-state index contributed by atoms with van der Waals surface area (Å²) < 4.78 is 0. The number of aryl methyl sites for hydroxylation is 1. The molecular formula is C19H25N7O2. The van der Waals surface area contributed by atoms with Gasteiger partial charge in [0.25, 0.3) is 0 Å². The van der Waals surface area contributed by atoms with Crippen LogP contribution in [0.1, 0.15) is 16.8 Å². The van der Waals surface area contributed by atoms with E-state index >= 15 is 0 Å². The molecule has 0 aliphatic carbocycles. The standard InChI is InChI=1S/C19H25N7O2/c1-12-8-16(21-11-17(27)26(2)3)24-18(22-12)25-19(28)23-15-5-4-14-10-20-7-6-13(14)9-15/h4-5,8-9,20H,6-7,10-11H2,1-3H3,(H3,21,22,23,24,25,28). The third-order valence-electron chi connectivity index (χ3n) is 4.35. The van der Waals surface area contributed by atoms with Gasteiger partial charge in [-0.3, -0.25) is 10.1 Å². The highest BCUT2D eigenvalue weighted by Crippen LogP contribution is 2.19. The summed E-state index contributed by atoms with van der Waals surface area (Å²) in [7, 11) is 3.37. The molecule has 1 aromatic heterocycles. The van der Waals surface area contributed by atoms with E-state index in [-0.39, 0.29) is 18.4 Å². The van der Waals surface area contributed by atoms with Crippen molar-refractivity contribution in [1.82, 2.24) is 20.2 Å². The fraction of sp³-hybridized carbons (Fsp3) is 0.368. The van der Waals surface area contributed by atoms with Crippen molar-refractivity contribution in [2.75, 3.05) is 43.1 Å². The molecule has 1 aromatic carbocycles. The topological polar surface area (TPSA) is 111 Å². The zero-order chi connectivity index (χ0) is 20.1. The lowest BCUT2D eigenvalue weighted by Gasteiger charge is -2.18. The van der Waals surface area contributed by atoms with Gasteiger partial charge in [0.05, 0.1) is 6.54 Å². The molecule has 0 unspecified atom stereocenters. The summed E-state index contributed by atoms with van der Waals surface area (Å²) in [6.45, 7) is 3.69. The number of carbonyl (C=O) groups is 2. The third kappa shape index (κ3) is 5.17. The molecule has 1 aliphatic heterocycles. The number of hydrogen-bond acceptors (Lipinski definition) is 6. The molecule has 0 fully saturated rings. The summed E-state index contributed by atoms with van der Waals surface area (Å²) in [5, 5.41) is 11.7. The lowest BCUT2D eigenvalue weighted by molar-refractivity contribution is -0.126. The Morgan fingerprint density at radius 1 is 1.14 bits per heavy atom. The average Bonchev–Trinajstić information content (AvgIpc) is 2.65. The minimum absolute atomic E-state index is 0.0777. The highest BCUT2D eigenvalue weighted by molar-refractivity contribution is 5.98. The lowest BCUT2D eigenvalue weighted by Crippen LogP contribution is -2.29. The Labute approximate surface area is 163 Å². The third-order valence-corrected chi connectivity index (χ3v) is 4.35. The van der Waals surface area contributed by atoms with Gasteiger partial charge in [-0.2, -0.15) is 4.98 Å². The van der Waals surface area contributed by atoms with Crippen molar-refractivity contribution in [1.29, 1.82) is 0 Å². The molecule has 2 heterocycles. The molecule has 9 nitrogen and oxygen atoms in total. The SMILES string of the molecule is Cc1cc(NCC(=O)N(C)C)nc(NC(=O)Nc2ccc3c(c2)CCNC3)n1. The molecule has 0 radical (unpaired) electrons. The van der Waals surface area contributed by atoms with E-state index < -0.39 is 6.03 Å². The maximum absolute atomic E-state index is 12.3. The molecule has 0 saturated carbocycles. The molecule has 4 N–H and O–H groups in total. The van der Waals surface area contributed by atoms with E-state index in [0.29, 0.717) is 11.5 Å². The molecule has 0 atom stereocenters. The van der Waals surface area contributed by atoms with Gasteiger partial charge in [0.1, 0.15) is 5.82 Å². The molecule has 9 heteroatoms. The predicted molar refractivity (Wildman–Crippen MR) is 108 cm³/mol. The fourth-order valence-corrected chi connectivity index (χ4v) is 2.86. The van der Waals surface area contributed by atoms with Crippen molar-refractivity contribution >= 4 is 29.4 Å². The van der Waals surface area contributed by atoms with Gasteiger partial charge in [-0.05, 0) is 43.1 Å². The number of likely N-dealkylation sites (N-methyl/N-ethyl adjacent to an activating group) is 1. The maximum Gasteiger partial charge on any atom is 0.326 e. The molecule has 0 saturated heterocycles. The molecule has 0 bridgehead atoms. The number of amides is 3. The number of aromatic nitrogens is 2. The van der Waals surface area contributed by atoms with Gasteiger partial charge < -0.3 is 20.9 Å². The average molecular weight is 383 g/mol. The van der Waals surface area contributed by atoms with Crippen LogP contribution in [0.3, 0.4) is 0 Å². The molecule has 1 aliphatic rings. The van der Waals surface area contributed by atoms with Crippen LogP contribution in [0, 0.1) is 6.92 Å². The first-order valence-electron chi connectivity index (χ1n) is 9.11. The van der Waals surface area contributed by atoms with Crippen LogP contribution in [0.25, 0.3) is 0 Å². The van der Waals surface area contributed by atoms with E-state index in [9.17, 15) is 9.59 Å². The van der Waals surface area contributed by atoms with Crippen LogP contribution >= 0.6 is 0 Å². The highest BCUT2D eigenvalue weighted by atomic mass is 16.2. The number of anilines is 3. The Hall–Kier alpha value is -3.20. The van der Waals surface area contributed by atoms with Gasteiger partial charge in [-0.15, -0.1) is 0 Å². The molecular weight excluding hydrogens is 358 g/mol. The summed E-state index contributed by atoms with van der Waals surface area (Å²) in [4.78, 5) is 34.0. The minimum atomic E-state index is -0.421. The summed E-state index contributed by atoms with van der Waals surface area (Å²) >= 11 is 0. The molecule has 3 rings (SSSR count). The van der Waals surface area contributed by atoms with E-state index in [1.54, 1.807) is 27.1 Å².